The molecule has 1 aromatic carbocycles. The van der Waals surface area contributed by atoms with Gasteiger partial charge in [-0.3, -0.25) is 4.99 Å². The molecule has 3 N–H and O–H groups in total. The molecule has 19 heavy (non-hydrogen) atoms. The highest BCUT2D eigenvalue weighted by atomic mass is 15.1. The molecule has 3 heteroatoms. The molecule has 0 radical (unpaired) electrons. The van der Waals surface area contributed by atoms with Crippen molar-refractivity contribution < 1.29 is 0 Å². The first kappa shape index (κ1) is 13.9. The number of benzene rings is 1. The number of nitrogens with zero attached hydrogens (tertiary/aromatic N) is 1. The van der Waals surface area contributed by atoms with E-state index < -0.39 is 0 Å². The second kappa shape index (κ2) is 4.87. The number of hydrogen-bond donors (Lipinski definition) is 2. The lowest BCUT2D eigenvalue weighted by Crippen LogP contribution is -2.45. The van der Waals surface area contributed by atoms with E-state index in [-0.39, 0.29) is 11.0 Å². The number of aliphatic imine (C=N–C) groups is 1. The van der Waals surface area contributed by atoms with Gasteiger partial charge >= 0.3 is 0 Å². The maximum absolute atomic E-state index is 5.94. The van der Waals surface area contributed by atoms with Crippen LogP contribution in [0, 0.1) is 5.41 Å². The van der Waals surface area contributed by atoms with Crippen molar-refractivity contribution in [2.45, 2.75) is 46.1 Å². The molecule has 0 unspecified atom stereocenters. The van der Waals surface area contributed by atoms with Gasteiger partial charge in [-0.2, -0.15) is 0 Å². The molecule has 0 bridgehead atoms. The first-order chi connectivity index (χ1) is 8.77. The Balaban J connectivity index is 2.00. The normalized spacial score (nSPS) is 18.2. The standard InChI is InChI=1S/C16H25N3/c1-15(2,3)19-14(17)18-11-16(4)9-12-7-5-6-8-13(12)10-16/h5-8H,9-11H2,1-4H3,(H3,17,18,19). The average Bonchev–Trinajstić information content (AvgIpc) is 2.61. The van der Waals surface area contributed by atoms with Gasteiger partial charge in [0.05, 0.1) is 0 Å². The third-order valence-electron chi connectivity index (χ3n) is 3.49. The van der Waals surface area contributed by atoms with Crippen molar-refractivity contribution in [1.29, 1.82) is 0 Å². The van der Waals surface area contributed by atoms with Crippen LogP contribution in [-0.4, -0.2) is 18.0 Å². The Hall–Kier alpha value is -1.51. The fraction of sp³-hybridized carbons (Fsp3) is 0.562. The van der Waals surface area contributed by atoms with E-state index in [0.717, 1.165) is 19.4 Å². The van der Waals surface area contributed by atoms with Crippen LogP contribution >= 0.6 is 0 Å². The number of guanidine groups is 1. The van der Waals surface area contributed by atoms with Crippen molar-refractivity contribution in [2.75, 3.05) is 6.54 Å². The largest absolute Gasteiger partial charge is 0.370 e. The molecule has 1 aliphatic rings. The number of nitrogens with two attached hydrogens (primary N) is 1. The SMILES string of the molecule is CC1(CN=C(N)NC(C)(C)C)Cc2ccccc2C1. The van der Waals surface area contributed by atoms with E-state index in [9.17, 15) is 0 Å². The lowest BCUT2D eigenvalue weighted by atomic mass is 9.87. The summed E-state index contributed by atoms with van der Waals surface area (Å²) in [6.45, 7) is 9.32. The van der Waals surface area contributed by atoms with Crippen molar-refractivity contribution in [3.8, 4) is 0 Å². The Morgan fingerprint density at radius 3 is 2.26 bits per heavy atom. The van der Waals surface area contributed by atoms with E-state index in [1.807, 2.05) is 0 Å². The van der Waals surface area contributed by atoms with Crippen LogP contribution in [0.4, 0.5) is 0 Å². The number of hydrogen-bond acceptors (Lipinski definition) is 1. The van der Waals surface area contributed by atoms with Gasteiger partial charge in [-0.25, -0.2) is 0 Å². The molecule has 0 spiro atoms. The van der Waals surface area contributed by atoms with Crippen LogP contribution in [0.5, 0.6) is 0 Å². The van der Waals surface area contributed by atoms with Gasteiger partial charge in [0.15, 0.2) is 5.96 Å². The average molecular weight is 259 g/mol. The van der Waals surface area contributed by atoms with Gasteiger partial charge in [-0.15, -0.1) is 0 Å². The van der Waals surface area contributed by atoms with E-state index in [0.29, 0.717) is 5.96 Å². The summed E-state index contributed by atoms with van der Waals surface area (Å²) in [5.74, 6) is 0.546. The van der Waals surface area contributed by atoms with Gasteiger partial charge in [-0.05, 0) is 50.2 Å². The predicted molar refractivity (Wildman–Crippen MR) is 81.3 cm³/mol. The molecule has 0 aromatic heterocycles. The highest BCUT2D eigenvalue weighted by Crippen LogP contribution is 2.36. The predicted octanol–water partition coefficient (Wildman–Crippen LogP) is 2.49. The molecule has 104 valence electrons. The third-order valence-corrected chi connectivity index (χ3v) is 3.49. The number of nitrogens with one attached hydrogen (secondary N) is 1. The minimum atomic E-state index is -0.0346. The van der Waals surface area contributed by atoms with E-state index in [1.165, 1.54) is 11.1 Å². The summed E-state index contributed by atoms with van der Waals surface area (Å²) in [5.41, 5.74) is 9.03. The van der Waals surface area contributed by atoms with Gasteiger partial charge in [0.1, 0.15) is 0 Å². The molecule has 0 saturated carbocycles. The van der Waals surface area contributed by atoms with Crippen LogP contribution in [-0.2, 0) is 12.8 Å². The molecule has 0 heterocycles. The summed E-state index contributed by atoms with van der Waals surface area (Å²) in [6, 6.07) is 8.68. The van der Waals surface area contributed by atoms with Crippen molar-refractivity contribution in [3.63, 3.8) is 0 Å². The molecular formula is C16H25N3. The first-order valence-electron chi connectivity index (χ1n) is 6.92. The summed E-state index contributed by atoms with van der Waals surface area (Å²) in [6.07, 6.45) is 2.19. The summed E-state index contributed by atoms with van der Waals surface area (Å²) in [4.78, 5) is 4.53. The van der Waals surface area contributed by atoms with Gasteiger partial charge < -0.3 is 11.1 Å². The summed E-state index contributed by atoms with van der Waals surface area (Å²) >= 11 is 0. The lowest BCUT2D eigenvalue weighted by Gasteiger charge is -2.24. The van der Waals surface area contributed by atoms with Crippen LogP contribution in [0.15, 0.2) is 29.3 Å². The zero-order chi connectivity index (χ0) is 14.1. The molecule has 0 fully saturated rings. The van der Waals surface area contributed by atoms with Crippen LogP contribution in [0.25, 0.3) is 0 Å². The fourth-order valence-electron chi connectivity index (χ4n) is 2.70. The van der Waals surface area contributed by atoms with Crippen LogP contribution in [0.2, 0.25) is 0 Å². The summed E-state index contributed by atoms with van der Waals surface area (Å²) in [7, 11) is 0. The van der Waals surface area contributed by atoms with Crippen LogP contribution in [0.1, 0.15) is 38.8 Å². The molecule has 0 aliphatic heterocycles. The molecule has 3 nitrogen and oxygen atoms in total. The van der Waals surface area contributed by atoms with Crippen molar-refractivity contribution in [1.82, 2.24) is 5.32 Å². The minimum Gasteiger partial charge on any atom is -0.370 e. The highest BCUT2D eigenvalue weighted by molar-refractivity contribution is 5.78. The zero-order valence-electron chi connectivity index (χ0n) is 12.5. The summed E-state index contributed by atoms with van der Waals surface area (Å²) < 4.78 is 0. The Morgan fingerprint density at radius 2 is 1.79 bits per heavy atom. The van der Waals surface area contributed by atoms with E-state index in [4.69, 9.17) is 5.73 Å². The number of rotatable bonds is 2. The smallest absolute Gasteiger partial charge is 0.189 e. The van der Waals surface area contributed by atoms with Crippen LogP contribution < -0.4 is 11.1 Å². The number of fused-ring (bicyclic) bond motifs is 1. The zero-order valence-corrected chi connectivity index (χ0v) is 12.5. The van der Waals surface area contributed by atoms with Gasteiger partial charge in [-0.1, -0.05) is 31.2 Å². The Kier molecular flexibility index (Phi) is 3.57. The van der Waals surface area contributed by atoms with Crippen molar-refractivity contribution in [3.05, 3.63) is 35.4 Å². The maximum Gasteiger partial charge on any atom is 0.189 e. The lowest BCUT2D eigenvalue weighted by molar-refractivity contribution is 0.359. The fourth-order valence-corrected chi connectivity index (χ4v) is 2.70. The van der Waals surface area contributed by atoms with Crippen molar-refractivity contribution >= 4 is 5.96 Å². The molecule has 0 atom stereocenters. The van der Waals surface area contributed by atoms with Crippen LogP contribution in [0.3, 0.4) is 0 Å². The monoisotopic (exact) mass is 259 g/mol. The van der Waals surface area contributed by atoms with Gasteiger partial charge in [0.25, 0.3) is 0 Å². The molecule has 0 amide bonds. The molecule has 2 rings (SSSR count). The second-order valence-electron chi connectivity index (χ2n) is 7.01. The summed E-state index contributed by atoms with van der Waals surface area (Å²) in [5, 5.41) is 3.21. The quantitative estimate of drug-likeness (QED) is 0.633. The highest BCUT2D eigenvalue weighted by Gasteiger charge is 2.32. The van der Waals surface area contributed by atoms with Gasteiger partial charge in [0, 0.05) is 12.1 Å². The Morgan fingerprint density at radius 1 is 1.26 bits per heavy atom. The molecular weight excluding hydrogens is 234 g/mol. The molecule has 1 aliphatic carbocycles. The maximum atomic E-state index is 5.94. The van der Waals surface area contributed by atoms with Crippen molar-refractivity contribution in [2.24, 2.45) is 16.1 Å². The van der Waals surface area contributed by atoms with Gasteiger partial charge in [0.2, 0.25) is 0 Å². The molecule has 1 aromatic rings. The third kappa shape index (κ3) is 3.72. The topological polar surface area (TPSA) is 50.4 Å². The second-order valence-corrected chi connectivity index (χ2v) is 7.01. The Bertz CT molecular complexity index is 458. The van der Waals surface area contributed by atoms with E-state index in [1.54, 1.807) is 0 Å². The van der Waals surface area contributed by atoms with E-state index in [2.05, 4.69) is 62.3 Å². The first-order valence-corrected chi connectivity index (χ1v) is 6.92. The Labute approximate surface area is 116 Å². The minimum absolute atomic E-state index is 0.0346. The van der Waals surface area contributed by atoms with E-state index >= 15 is 0 Å². The molecule has 0 saturated heterocycles.